The van der Waals surface area contributed by atoms with E-state index in [0.717, 1.165) is 17.3 Å². The first kappa shape index (κ1) is 9.95. The summed E-state index contributed by atoms with van der Waals surface area (Å²) in [5, 5.41) is 3.92. The molecular weight excluding hydrogens is 182 g/mol. The minimum atomic E-state index is 0.713. The van der Waals surface area contributed by atoms with Crippen molar-refractivity contribution in [1.29, 1.82) is 0 Å². The molecule has 0 fully saturated rings. The third kappa shape index (κ3) is 3.01. The molecule has 0 aliphatic carbocycles. The van der Waals surface area contributed by atoms with Crippen molar-refractivity contribution < 1.29 is 0 Å². The standard InChI is InChI=1S/C11H12ClN/c1-3-4-7-13-11-8-9(2)5-6-10(11)12/h1,5-6,8,13H,4,7H2,2H3. The van der Waals surface area contributed by atoms with Crippen LogP contribution in [0.1, 0.15) is 12.0 Å². The highest BCUT2D eigenvalue weighted by atomic mass is 35.5. The Morgan fingerprint density at radius 3 is 3.00 bits per heavy atom. The van der Waals surface area contributed by atoms with Crippen LogP contribution < -0.4 is 5.32 Å². The van der Waals surface area contributed by atoms with E-state index in [1.54, 1.807) is 0 Å². The Kier molecular flexibility index (Phi) is 3.67. The highest BCUT2D eigenvalue weighted by Gasteiger charge is 1.97. The van der Waals surface area contributed by atoms with Crippen LogP contribution in [0.15, 0.2) is 18.2 Å². The zero-order valence-electron chi connectivity index (χ0n) is 7.60. The topological polar surface area (TPSA) is 12.0 Å². The maximum Gasteiger partial charge on any atom is 0.0637 e. The molecule has 0 saturated heterocycles. The van der Waals surface area contributed by atoms with Crippen molar-refractivity contribution in [2.75, 3.05) is 11.9 Å². The zero-order chi connectivity index (χ0) is 9.68. The van der Waals surface area contributed by atoms with Crippen LogP contribution in [-0.2, 0) is 0 Å². The zero-order valence-corrected chi connectivity index (χ0v) is 8.36. The largest absolute Gasteiger partial charge is 0.383 e. The molecule has 1 aromatic rings. The van der Waals surface area contributed by atoms with Gasteiger partial charge in [0.15, 0.2) is 0 Å². The fourth-order valence-electron chi connectivity index (χ4n) is 1.04. The van der Waals surface area contributed by atoms with Crippen LogP contribution >= 0.6 is 11.6 Å². The maximum atomic E-state index is 5.96. The van der Waals surface area contributed by atoms with Gasteiger partial charge in [0.05, 0.1) is 10.7 Å². The first-order valence-corrected chi connectivity index (χ1v) is 4.55. The number of rotatable bonds is 3. The summed E-state index contributed by atoms with van der Waals surface area (Å²) in [6.07, 6.45) is 5.85. The number of hydrogen-bond donors (Lipinski definition) is 1. The molecular formula is C11H12ClN. The molecule has 1 nitrogen and oxygen atoms in total. The summed E-state index contributed by atoms with van der Waals surface area (Å²) in [5.41, 5.74) is 2.14. The molecule has 2 heteroatoms. The second-order valence-corrected chi connectivity index (χ2v) is 3.27. The lowest BCUT2D eigenvalue weighted by Crippen LogP contribution is -2.00. The summed E-state index contributed by atoms with van der Waals surface area (Å²) in [6, 6.07) is 5.88. The van der Waals surface area contributed by atoms with Crippen molar-refractivity contribution in [3.8, 4) is 12.3 Å². The van der Waals surface area contributed by atoms with Crippen molar-refractivity contribution in [2.45, 2.75) is 13.3 Å². The fourth-order valence-corrected chi connectivity index (χ4v) is 1.23. The summed E-state index contributed by atoms with van der Waals surface area (Å²) in [5.74, 6) is 2.57. The van der Waals surface area contributed by atoms with Gasteiger partial charge in [0, 0.05) is 13.0 Å². The number of halogens is 1. The normalized spacial score (nSPS) is 9.31. The number of hydrogen-bond acceptors (Lipinski definition) is 1. The summed E-state index contributed by atoms with van der Waals surface area (Å²) in [4.78, 5) is 0. The van der Waals surface area contributed by atoms with Gasteiger partial charge in [0.25, 0.3) is 0 Å². The molecule has 1 N–H and O–H groups in total. The summed E-state index contributed by atoms with van der Waals surface area (Å²) in [6.45, 7) is 2.79. The van der Waals surface area contributed by atoms with Crippen molar-refractivity contribution in [3.63, 3.8) is 0 Å². The molecule has 1 rings (SSSR count). The summed E-state index contributed by atoms with van der Waals surface area (Å²) < 4.78 is 0. The number of benzene rings is 1. The average Bonchev–Trinajstić information content (AvgIpc) is 2.11. The lowest BCUT2D eigenvalue weighted by molar-refractivity contribution is 1.10. The predicted octanol–water partition coefficient (Wildman–Crippen LogP) is 3.08. The molecule has 0 bridgehead atoms. The third-order valence-electron chi connectivity index (χ3n) is 1.71. The van der Waals surface area contributed by atoms with E-state index in [1.807, 2.05) is 25.1 Å². The van der Waals surface area contributed by atoms with E-state index in [9.17, 15) is 0 Å². The van der Waals surface area contributed by atoms with E-state index >= 15 is 0 Å². The van der Waals surface area contributed by atoms with Gasteiger partial charge in [-0.1, -0.05) is 17.7 Å². The van der Waals surface area contributed by atoms with Crippen LogP contribution in [0.2, 0.25) is 5.02 Å². The average molecular weight is 194 g/mol. The van der Waals surface area contributed by atoms with Crippen molar-refractivity contribution in [1.82, 2.24) is 0 Å². The van der Waals surface area contributed by atoms with Gasteiger partial charge in [-0.05, 0) is 24.6 Å². The van der Waals surface area contributed by atoms with Gasteiger partial charge in [-0.2, -0.15) is 0 Å². The number of terminal acetylenes is 1. The van der Waals surface area contributed by atoms with E-state index in [1.165, 1.54) is 5.56 Å². The second kappa shape index (κ2) is 4.79. The highest BCUT2D eigenvalue weighted by Crippen LogP contribution is 2.22. The van der Waals surface area contributed by atoms with E-state index in [4.69, 9.17) is 18.0 Å². The van der Waals surface area contributed by atoms with Crippen LogP contribution in [0.25, 0.3) is 0 Å². The Labute approximate surface area is 84.1 Å². The van der Waals surface area contributed by atoms with E-state index in [2.05, 4.69) is 11.2 Å². The van der Waals surface area contributed by atoms with Crippen LogP contribution in [0.5, 0.6) is 0 Å². The predicted molar refractivity (Wildman–Crippen MR) is 58.1 cm³/mol. The number of anilines is 1. The third-order valence-corrected chi connectivity index (χ3v) is 2.04. The van der Waals surface area contributed by atoms with Crippen LogP contribution in [0.4, 0.5) is 5.69 Å². The Balaban J connectivity index is 2.65. The van der Waals surface area contributed by atoms with Crippen molar-refractivity contribution >= 4 is 17.3 Å². The monoisotopic (exact) mass is 193 g/mol. The summed E-state index contributed by atoms with van der Waals surface area (Å²) >= 11 is 5.96. The van der Waals surface area contributed by atoms with Gasteiger partial charge in [-0.3, -0.25) is 0 Å². The van der Waals surface area contributed by atoms with Crippen LogP contribution in [0, 0.1) is 19.3 Å². The van der Waals surface area contributed by atoms with Crippen molar-refractivity contribution in [2.24, 2.45) is 0 Å². The molecule has 0 heterocycles. The molecule has 13 heavy (non-hydrogen) atoms. The van der Waals surface area contributed by atoms with E-state index < -0.39 is 0 Å². The molecule has 0 radical (unpaired) electrons. The first-order valence-electron chi connectivity index (χ1n) is 4.17. The molecule has 0 aliphatic heterocycles. The molecule has 0 unspecified atom stereocenters. The Hall–Kier alpha value is -1.13. The van der Waals surface area contributed by atoms with Gasteiger partial charge in [0.2, 0.25) is 0 Å². The van der Waals surface area contributed by atoms with Gasteiger partial charge in [-0.25, -0.2) is 0 Å². The highest BCUT2D eigenvalue weighted by molar-refractivity contribution is 6.33. The minimum Gasteiger partial charge on any atom is -0.383 e. The minimum absolute atomic E-state index is 0.713. The fraction of sp³-hybridized carbons (Fsp3) is 0.273. The molecule has 0 atom stereocenters. The van der Waals surface area contributed by atoms with Crippen molar-refractivity contribution in [3.05, 3.63) is 28.8 Å². The molecule has 0 aromatic heterocycles. The smallest absolute Gasteiger partial charge is 0.0637 e. The molecule has 1 aromatic carbocycles. The molecule has 68 valence electrons. The van der Waals surface area contributed by atoms with E-state index in [0.29, 0.717) is 6.42 Å². The van der Waals surface area contributed by atoms with Gasteiger partial charge in [0.1, 0.15) is 0 Å². The van der Waals surface area contributed by atoms with Crippen LogP contribution in [-0.4, -0.2) is 6.54 Å². The number of aryl methyl sites for hydroxylation is 1. The Morgan fingerprint density at radius 1 is 1.54 bits per heavy atom. The maximum absolute atomic E-state index is 5.96. The molecule has 0 saturated carbocycles. The number of nitrogens with one attached hydrogen (secondary N) is 1. The van der Waals surface area contributed by atoms with E-state index in [-0.39, 0.29) is 0 Å². The van der Waals surface area contributed by atoms with Gasteiger partial charge in [-0.15, -0.1) is 12.3 Å². The summed E-state index contributed by atoms with van der Waals surface area (Å²) in [7, 11) is 0. The Morgan fingerprint density at radius 2 is 2.31 bits per heavy atom. The molecule has 0 amide bonds. The second-order valence-electron chi connectivity index (χ2n) is 2.86. The molecule has 0 spiro atoms. The lowest BCUT2D eigenvalue weighted by Gasteiger charge is -2.07. The Bertz CT molecular complexity index is 325. The van der Waals surface area contributed by atoms with Gasteiger partial charge < -0.3 is 5.32 Å². The first-order chi connectivity index (χ1) is 6.24. The van der Waals surface area contributed by atoms with Crippen LogP contribution in [0.3, 0.4) is 0 Å². The quantitative estimate of drug-likeness (QED) is 0.575. The van der Waals surface area contributed by atoms with Gasteiger partial charge >= 0.3 is 0 Å². The SMILES string of the molecule is C#CCCNc1cc(C)ccc1Cl. The molecule has 0 aliphatic rings. The lowest BCUT2D eigenvalue weighted by atomic mass is 10.2.